The lowest BCUT2D eigenvalue weighted by Gasteiger charge is -2.18. The van der Waals surface area contributed by atoms with Gasteiger partial charge < -0.3 is 10.1 Å². The molecule has 1 aliphatic heterocycles. The van der Waals surface area contributed by atoms with Crippen molar-refractivity contribution in [1.82, 2.24) is 14.9 Å². The molecule has 27 heavy (non-hydrogen) atoms. The van der Waals surface area contributed by atoms with Gasteiger partial charge in [-0.1, -0.05) is 23.4 Å². The van der Waals surface area contributed by atoms with Gasteiger partial charge in [-0.15, -0.1) is 0 Å². The third-order valence-electron chi connectivity index (χ3n) is 4.87. The zero-order chi connectivity index (χ0) is 19.0. The van der Waals surface area contributed by atoms with E-state index in [1.54, 1.807) is 22.8 Å². The second-order valence-electron chi connectivity index (χ2n) is 7.15. The van der Waals surface area contributed by atoms with Crippen LogP contribution < -0.4 is 10.9 Å². The molecule has 4 rings (SSSR count). The zero-order valence-electron chi connectivity index (χ0n) is 15.1. The van der Waals surface area contributed by atoms with Crippen LogP contribution >= 0.6 is 23.4 Å². The van der Waals surface area contributed by atoms with E-state index in [0.29, 0.717) is 33.7 Å². The highest BCUT2D eigenvalue weighted by molar-refractivity contribution is 8.00. The molecule has 0 unspecified atom stereocenters. The smallest absolute Gasteiger partial charge is 0.262 e. The van der Waals surface area contributed by atoms with Gasteiger partial charge in [-0.2, -0.15) is 0 Å². The molecular weight excluding hydrogens is 386 g/mol. The molecule has 2 aromatic rings. The van der Waals surface area contributed by atoms with Crippen LogP contribution in [0.5, 0.6) is 0 Å². The molecule has 2 aliphatic rings. The molecule has 1 saturated carbocycles. The summed E-state index contributed by atoms with van der Waals surface area (Å²) in [5.41, 5.74) is 0.429. The van der Waals surface area contributed by atoms with E-state index < -0.39 is 0 Å². The van der Waals surface area contributed by atoms with Gasteiger partial charge >= 0.3 is 0 Å². The van der Waals surface area contributed by atoms with Crippen LogP contribution in [0.15, 0.2) is 28.2 Å². The molecule has 2 fully saturated rings. The molecule has 1 aliphatic carbocycles. The van der Waals surface area contributed by atoms with Gasteiger partial charge in [-0.3, -0.25) is 14.2 Å². The first kappa shape index (κ1) is 18.8. The Morgan fingerprint density at radius 3 is 2.96 bits per heavy atom. The second kappa shape index (κ2) is 7.81. The van der Waals surface area contributed by atoms with Crippen LogP contribution in [0.1, 0.15) is 32.6 Å². The van der Waals surface area contributed by atoms with Gasteiger partial charge in [0, 0.05) is 17.7 Å². The molecule has 1 aromatic heterocycles. The first-order chi connectivity index (χ1) is 13.0. The molecule has 8 heteroatoms. The van der Waals surface area contributed by atoms with Crippen LogP contribution in [-0.2, 0) is 16.1 Å². The van der Waals surface area contributed by atoms with Crippen LogP contribution in [0.4, 0.5) is 0 Å². The fourth-order valence-electron chi connectivity index (χ4n) is 3.17. The van der Waals surface area contributed by atoms with Crippen LogP contribution in [0.25, 0.3) is 10.9 Å². The lowest BCUT2D eigenvalue weighted by atomic mass is 10.2. The highest BCUT2D eigenvalue weighted by atomic mass is 35.5. The predicted octanol–water partition coefficient (Wildman–Crippen LogP) is 2.99. The highest BCUT2D eigenvalue weighted by Gasteiger charge is 2.27. The van der Waals surface area contributed by atoms with Crippen molar-refractivity contribution in [2.45, 2.75) is 61.7 Å². The van der Waals surface area contributed by atoms with E-state index in [9.17, 15) is 9.59 Å². The predicted molar refractivity (Wildman–Crippen MR) is 106 cm³/mol. The van der Waals surface area contributed by atoms with Crippen molar-refractivity contribution in [2.75, 3.05) is 6.61 Å². The van der Waals surface area contributed by atoms with Gasteiger partial charge in [-0.25, -0.2) is 4.98 Å². The number of hydrogen-bond acceptors (Lipinski definition) is 5. The molecule has 1 N–H and O–H groups in total. The molecule has 1 saturated heterocycles. The minimum atomic E-state index is -0.343. The standard InChI is InChI=1S/C19H22ClN3O3S/c1-11(17(24)21-13-5-6-13)27-19-22-16-9-12(20)4-7-15(16)18(25)23(19)10-14-3-2-8-26-14/h4,7,9,11,13-14H,2-3,5-6,8,10H2,1H3,(H,21,24)/t11-,14+/m0/s1. The summed E-state index contributed by atoms with van der Waals surface area (Å²) in [4.78, 5) is 30.1. The maximum absolute atomic E-state index is 13.1. The minimum absolute atomic E-state index is 0.00389. The summed E-state index contributed by atoms with van der Waals surface area (Å²) in [6.07, 6.45) is 4.01. The Bertz CT molecular complexity index is 922. The van der Waals surface area contributed by atoms with Crippen LogP contribution in [0, 0.1) is 0 Å². The van der Waals surface area contributed by atoms with Gasteiger partial charge in [-0.05, 0) is 50.8 Å². The quantitative estimate of drug-likeness (QED) is 0.588. The van der Waals surface area contributed by atoms with Crippen molar-refractivity contribution in [3.05, 3.63) is 33.6 Å². The zero-order valence-corrected chi connectivity index (χ0v) is 16.7. The Kier molecular flexibility index (Phi) is 5.43. The second-order valence-corrected chi connectivity index (χ2v) is 8.89. The third-order valence-corrected chi connectivity index (χ3v) is 6.19. The normalized spacial score (nSPS) is 20.7. The SMILES string of the molecule is C[C@H](Sc1nc2cc(Cl)ccc2c(=O)n1C[C@H]1CCCO1)C(=O)NC1CC1. The number of carbonyl (C=O) groups is 1. The fraction of sp³-hybridized carbons (Fsp3) is 0.526. The number of benzene rings is 1. The fourth-order valence-corrected chi connectivity index (χ4v) is 4.27. The molecule has 2 heterocycles. The summed E-state index contributed by atoms with van der Waals surface area (Å²) in [6.45, 7) is 3.01. The Morgan fingerprint density at radius 2 is 2.26 bits per heavy atom. The summed E-state index contributed by atoms with van der Waals surface area (Å²) >= 11 is 7.39. The molecule has 6 nitrogen and oxygen atoms in total. The van der Waals surface area contributed by atoms with Gasteiger partial charge in [0.15, 0.2) is 5.16 Å². The third kappa shape index (κ3) is 4.31. The first-order valence-electron chi connectivity index (χ1n) is 9.30. The number of hydrogen-bond donors (Lipinski definition) is 1. The summed E-state index contributed by atoms with van der Waals surface area (Å²) in [7, 11) is 0. The van der Waals surface area contributed by atoms with E-state index in [-0.39, 0.29) is 22.8 Å². The van der Waals surface area contributed by atoms with E-state index in [2.05, 4.69) is 10.3 Å². The minimum Gasteiger partial charge on any atom is -0.376 e. The molecular formula is C19H22ClN3O3S. The summed E-state index contributed by atoms with van der Waals surface area (Å²) in [5.74, 6) is -0.0217. The average Bonchev–Trinajstić information content (AvgIpc) is 3.29. The van der Waals surface area contributed by atoms with E-state index in [1.165, 1.54) is 11.8 Å². The van der Waals surface area contributed by atoms with Crippen molar-refractivity contribution >= 4 is 40.2 Å². The Hall–Kier alpha value is -1.57. The topological polar surface area (TPSA) is 73.2 Å². The number of nitrogens with zero attached hydrogens (tertiary/aromatic N) is 2. The number of fused-ring (bicyclic) bond motifs is 1. The Labute approximate surface area is 166 Å². The molecule has 0 radical (unpaired) electrons. The number of rotatable bonds is 6. The number of aromatic nitrogens is 2. The van der Waals surface area contributed by atoms with Crippen molar-refractivity contribution < 1.29 is 9.53 Å². The highest BCUT2D eigenvalue weighted by Crippen LogP contribution is 2.26. The lowest BCUT2D eigenvalue weighted by molar-refractivity contribution is -0.120. The first-order valence-corrected chi connectivity index (χ1v) is 10.6. The number of nitrogens with one attached hydrogen (secondary N) is 1. The van der Waals surface area contributed by atoms with E-state index in [4.69, 9.17) is 16.3 Å². The number of ether oxygens (including phenoxy) is 1. The van der Waals surface area contributed by atoms with Crippen LogP contribution in [0.3, 0.4) is 0 Å². The summed E-state index contributed by atoms with van der Waals surface area (Å²) in [5, 5.41) is 4.25. The number of halogens is 1. The van der Waals surface area contributed by atoms with Gasteiger partial charge in [0.2, 0.25) is 5.91 Å². The van der Waals surface area contributed by atoms with Crippen molar-refractivity contribution in [2.24, 2.45) is 0 Å². The van der Waals surface area contributed by atoms with Crippen molar-refractivity contribution in [3.63, 3.8) is 0 Å². The largest absolute Gasteiger partial charge is 0.376 e. The number of thioether (sulfide) groups is 1. The van der Waals surface area contributed by atoms with Crippen LogP contribution in [0.2, 0.25) is 5.02 Å². The lowest BCUT2D eigenvalue weighted by Crippen LogP contribution is -2.34. The molecule has 0 spiro atoms. The monoisotopic (exact) mass is 407 g/mol. The number of carbonyl (C=O) groups excluding carboxylic acids is 1. The summed E-state index contributed by atoms with van der Waals surface area (Å²) in [6, 6.07) is 5.39. The maximum atomic E-state index is 13.1. The molecule has 144 valence electrons. The maximum Gasteiger partial charge on any atom is 0.262 e. The molecule has 1 aromatic carbocycles. The van der Waals surface area contributed by atoms with Gasteiger partial charge in [0.1, 0.15) is 0 Å². The Morgan fingerprint density at radius 1 is 1.44 bits per heavy atom. The van der Waals surface area contributed by atoms with E-state index in [0.717, 1.165) is 32.3 Å². The molecule has 0 bridgehead atoms. The average molecular weight is 408 g/mol. The van der Waals surface area contributed by atoms with Gasteiger partial charge in [0.05, 0.1) is 28.8 Å². The van der Waals surface area contributed by atoms with E-state index >= 15 is 0 Å². The summed E-state index contributed by atoms with van der Waals surface area (Å²) < 4.78 is 7.36. The van der Waals surface area contributed by atoms with Gasteiger partial charge in [0.25, 0.3) is 5.56 Å². The molecule has 1 amide bonds. The van der Waals surface area contributed by atoms with E-state index in [1.807, 2.05) is 6.92 Å². The van der Waals surface area contributed by atoms with Crippen molar-refractivity contribution in [1.29, 1.82) is 0 Å². The Balaban J connectivity index is 1.68. The van der Waals surface area contributed by atoms with Crippen LogP contribution in [-0.4, -0.2) is 39.5 Å². The number of amides is 1. The van der Waals surface area contributed by atoms with Crippen molar-refractivity contribution in [3.8, 4) is 0 Å². The molecule has 2 atom stereocenters.